The number of nitro groups is 1. The van der Waals surface area contributed by atoms with Gasteiger partial charge in [-0.3, -0.25) is 10.1 Å². The number of nitro benzene ring substituents is 1. The van der Waals surface area contributed by atoms with E-state index in [9.17, 15) is 22.9 Å². The Morgan fingerprint density at radius 3 is 2.57 bits per heavy atom. The first-order valence-corrected chi connectivity index (χ1v) is 8.17. The molecular weight excluding hydrogens is 299 g/mol. The van der Waals surface area contributed by atoms with Crippen molar-refractivity contribution in [1.82, 2.24) is 4.72 Å². The maximum absolute atomic E-state index is 13.5. The Labute approximate surface area is 122 Å². The maximum Gasteiger partial charge on any atom is 0.306 e. The van der Waals surface area contributed by atoms with Crippen LogP contribution in [0.3, 0.4) is 0 Å². The van der Waals surface area contributed by atoms with E-state index in [-0.39, 0.29) is 22.4 Å². The van der Waals surface area contributed by atoms with Gasteiger partial charge in [0.05, 0.1) is 9.82 Å². The molecule has 2 unspecified atom stereocenters. The molecule has 0 radical (unpaired) electrons. The van der Waals surface area contributed by atoms with Crippen LogP contribution in [0, 0.1) is 28.8 Å². The molecule has 0 spiro atoms. The molecule has 2 atom stereocenters. The molecule has 1 aliphatic carbocycles. The highest BCUT2D eigenvalue weighted by molar-refractivity contribution is 7.89. The second kappa shape index (κ2) is 5.69. The molecule has 0 bridgehead atoms. The van der Waals surface area contributed by atoms with Gasteiger partial charge in [0, 0.05) is 12.1 Å². The predicted octanol–water partition coefficient (Wildman–Crippen LogP) is 2.51. The molecule has 116 valence electrons. The highest BCUT2D eigenvalue weighted by Gasteiger charge is 2.30. The molecule has 6 nitrogen and oxygen atoms in total. The maximum atomic E-state index is 13.5. The summed E-state index contributed by atoms with van der Waals surface area (Å²) in [6, 6.07) is 1.48. The quantitative estimate of drug-likeness (QED) is 0.682. The normalized spacial score (nSPS) is 22.4. The number of benzene rings is 1. The van der Waals surface area contributed by atoms with Crippen LogP contribution in [-0.4, -0.2) is 19.4 Å². The number of hydrogen-bond donors (Lipinski definition) is 1. The van der Waals surface area contributed by atoms with Crippen LogP contribution in [0.5, 0.6) is 0 Å². The Kier molecular flexibility index (Phi) is 4.29. The summed E-state index contributed by atoms with van der Waals surface area (Å²) in [6.45, 7) is 3.37. The van der Waals surface area contributed by atoms with Crippen LogP contribution in [0.25, 0.3) is 0 Å². The van der Waals surface area contributed by atoms with E-state index in [4.69, 9.17) is 0 Å². The number of nitrogens with zero attached hydrogens (tertiary/aromatic N) is 1. The minimum Gasteiger partial charge on any atom is -0.258 e. The predicted molar refractivity (Wildman–Crippen MR) is 74.9 cm³/mol. The van der Waals surface area contributed by atoms with Crippen LogP contribution < -0.4 is 4.72 Å². The van der Waals surface area contributed by atoms with Gasteiger partial charge in [0.25, 0.3) is 0 Å². The molecular formula is C13H17FN2O4S. The number of sulfonamides is 1. The van der Waals surface area contributed by atoms with Gasteiger partial charge in [-0.05, 0) is 37.3 Å². The Bertz CT molecular complexity index is 675. The molecule has 21 heavy (non-hydrogen) atoms. The van der Waals surface area contributed by atoms with Crippen molar-refractivity contribution in [3.63, 3.8) is 0 Å². The first-order chi connectivity index (χ1) is 9.72. The van der Waals surface area contributed by atoms with Crippen LogP contribution in [0.2, 0.25) is 0 Å². The molecule has 1 aliphatic rings. The summed E-state index contributed by atoms with van der Waals surface area (Å²) in [5.74, 6) is -0.818. The molecule has 1 aromatic rings. The zero-order valence-corrected chi connectivity index (χ0v) is 12.6. The van der Waals surface area contributed by atoms with E-state index in [1.807, 2.05) is 6.92 Å². The van der Waals surface area contributed by atoms with E-state index >= 15 is 0 Å². The van der Waals surface area contributed by atoms with E-state index in [1.165, 1.54) is 6.92 Å². The molecule has 0 saturated heterocycles. The van der Waals surface area contributed by atoms with E-state index in [1.54, 1.807) is 0 Å². The molecule has 0 aromatic heterocycles. The average Bonchev–Trinajstić information content (AvgIpc) is 2.73. The summed E-state index contributed by atoms with van der Waals surface area (Å²) in [4.78, 5) is 9.59. The van der Waals surface area contributed by atoms with Crippen LogP contribution in [0.15, 0.2) is 17.0 Å². The highest BCUT2D eigenvalue weighted by Crippen LogP contribution is 2.29. The summed E-state index contributed by atoms with van der Waals surface area (Å²) >= 11 is 0. The molecule has 0 heterocycles. The summed E-state index contributed by atoms with van der Waals surface area (Å²) in [7, 11) is -3.90. The van der Waals surface area contributed by atoms with Crippen molar-refractivity contribution < 1.29 is 17.7 Å². The van der Waals surface area contributed by atoms with Crippen molar-refractivity contribution in [2.24, 2.45) is 5.92 Å². The van der Waals surface area contributed by atoms with Crippen molar-refractivity contribution >= 4 is 15.7 Å². The summed E-state index contributed by atoms with van der Waals surface area (Å²) in [5, 5.41) is 10.8. The monoisotopic (exact) mass is 316 g/mol. The minimum atomic E-state index is -3.90. The second-order valence-electron chi connectivity index (χ2n) is 5.46. The summed E-state index contributed by atoms with van der Waals surface area (Å²) in [6.07, 6.45) is 2.62. The van der Waals surface area contributed by atoms with E-state index in [0.29, 0.717) is 0 Å². The third-order valence-corrected chi connectivity index (χ3v) is 5.53. The van der Waals surface area contributed by atoms with Gasteiger partial charge in [0.1, 0.15) is 0 Å². The number of hydrogen-bond acceptors (Lipinski definition) is 4. The van der Waals surface area contributed by atoms with Crippen molar-refractivity contribution in [1.29, 1.82) is 0 Å². The molecule has 0 amide bonds. The zero-order valence-electron chi connectivity index (χ0n) is 11.8. The van der Waals surface area contributed by atoms with Gasteiger partial charge in [-0.15, -0.1) is 0 Å². The Balaban J connectivity index is 2.40. The smallest absolute Gasteiger partial charge is 0.258 e. The lowest BCUT2D eigenvalue weighted by Gasteiger charge is -2.18. The molecule has 1 saturated carbocycles. The van der Waals surface area contributed by atoms with Crippen molar-refractivity contribution in [2.75, 3.05) is 0 Å². The van der Waals surface area contributed by atoms with E-state index in [2.05, 4.69) is 4.72 Å². The van der Waals surface area contributed by atoms with Gasteiger partial charge in [-0.1, -0.05) is 13.3 Å². The fourth-order valence-corrected chi connectivity index (χ4v) is 4.28. The fourth-order valence-electron chi connectivity index (χ4n) is 2.65. The third kappa shape index (κ3) is 3.21. The fraction of sp³-hybridized carbons (Fsp3) is 0.538. The first-order valence-electron chi connectivity index (χ1n) is 6.69. The molecule has 1 N–H and O–H groups in total. The van der Waals surface area contributed by atoms with Crippen LogP contribution in [0.4, 0.5) is 10.1 Å². The standard InChI is InChI=1S/C13H17FN2O4S/c1-8-4-3-5-11(8)15-21(19,20)13-7-12(16(17)18)10(14)6-9(13)2/h6-8,11,15H,3-5H2,1-2H3. The lowest BCUT2D eigenvalue weighted by Crippen LogP contribution is -2.36. The lowest BCUT2D eigenvalue weighted by atomic mass is 10.1. The minimum absolute atomic E-state index is 0.149. The largest absolute Gasteiger partial charge is 0.306 e. The van der Waals surface area contributed by atoms with E-state index in [0.717, 1.165) is 31.4 Å². The topological polar surface area (TPSA) is 89.3 Å². The summed E-state index contributed by atoms with van der Waals surface area (Å²) < 4.78 is 40.8. The van der Waals surface area contributed by atoms with Gasteiger partial charge >= 0.3 is 5.69 Å². The number of nitrogens with one attached hydrogen (secondary N) is 1. The van der Waals surface area contributed by atoms with Crippen LogP contribution in [-0.2, 0) is 10.0 Å². The third-order valence-electron chi connectivity index (χ3n) is 3.90. The number of aryl methyl sites for hydroxylation is 1. The molecule has 0 aliphatic heterocycles. The van der Waals surface area contributed by atoms with Crippen LogP contribution in [0.1, 0.15) is 31.7 Å². The van der Waals surface area contributed by atoms with Gasteiger partial charge in [-0.2, -0.15) is 4.39 Å². The van der Waals surface area contributed by atoms with E-state index < -0.39 is 26.5 Å². The van der Waals surface area contributed by atoms with Gasteiger partial charge in [0.15, 0.2) is 0 Å². The van der Waals surface area contributed by atoms with Gasteiger partial charge in [-0.25, -0.2) is 13.1 Å². The molecule has 2 rings (SSSR count). The zero-order chi connectivity index (χ0) is 15.8. The molecule has 8 heteroatoms. The Morgan fingerprint density at radius 1 is 1.38 bits per heavy atom. The SMILES string of the molecule is Cc1cc(F)c([N+](=O)[O-])cc1S(=O)(=O)NC1CCCC1C. The molecule has 1 fully saturated rings. The first kappa shape index (κ1) is 15.8. The summed E-state index contributed by atoms with van der Waals surface area (Å²) in [5.41, 5.74) is -0.684. The molecule has 1 aromatic carbocycles. The van der Waals surface area contributed by atoms with Gasteiger partial charge < -0.3 is 0 Å². The van der Waals surface area contributed by atoms with Gasteiger partial charge in [0.2, 0.25) is 15.8 Å². The average molecular weight is 316 g/mol. The van der Waals surface area contributed by atoms with Crippen molar-refractivity contribution in [2.45, 2.75) is 44.0 Å². The number of halogens is 1. The highest BCUT2D eigenvalue weighted by atomic mass is 32.2. The Hall–Kier alpha value is -1.54. The lowest BCUT2D eigenvalue weighted by molar-refractivity contribution is -0.387. The van der Waals surface area contributed by atoms with Crippen molar-refractivity contribution in [3.8, 4) is 0 Å². The Morgan fingerprint density at radius 2 is 2.05 bits per heavy atom. The number of rotatable bonds is 4. The second-order valence-corrected chi connectivity index (χ2v) is 7.14. The van der Waals surface area contributed by atoms with Crippen LogP contribution >= 0.6 is 0 Å². The van der Waals surface area contributed by atoms with Crippen molar-refractivity contribution in [3.05, 3.63) is 33.6 Å².